The fourth-order valence-electron chi connectivity index (χ4n) is 1.62. The third-order valence-electron chi connectivity index (χ3n) is 2.38. The average molecular weight is 354 g/mol. The summed E-state index contributed by atoms with van der Waals surface area (Å²) in [5.41, 5.74) is 2.28. The molecule has 1 heterocycles. The van der Waals surface area contributed by atoms with Crippen molar-refractivity contribution in [3.8, 4) is 0 Å². The van der Waals surface area contributed by atoms with Gasteiger partial charge in [-0.1, -0.05) is 27.5 Å². The maximum absolute atomic E-state index is 13.8. The minimum Gasteiger partial charge on any atom is -0.271 e. The molecule has 1 atom stereocenters. The molecule has 1 aromatic carbocycles. The van der Waals surface area contributed by atoms with Crippen molar-refractivity contribution in [3.05, 3.63) is 55.1 Å². The lowest BCUT2D eigenvalue weighted by Gasteiger charge is -2.16. The van der Waals surface area contributed by atoms with Gasteiger partial charge >= 0.3 is 0 Å². The molecule has 0 radical (unpaired) electrons. The number of thiophene rings is 1. The summed E-state index contributed by atoms with van der Waals surface area (Å²) in [7, 11) is 0. The molecule has 1 aromatic heterocycles. The zero-order valence-corrected chi connectivity index (χ0v) is 12.0. The minimum absolute atomic E-state index is 0.126. The van der Waals surface area contributed by atoms with E-state index in [0.29, 0.717) is 13.7 Å². The van der Waals surface area contributed by atoms with E-state index in [1.807, 2.05) is 0 Å². The lowest BCUT2D eigenvalue weighted by atomic mass is 10.0. The second kappa shape index (κ2) is 5.63. The van der Waals surface area contributed by atoms with Crippen molar-refractivity contribution < 1.29 is 8.78 Å². The van der Waals surface area contributed by atoms with Gasteiger partial charge in [0.05, 0.1) is 10.4 Å². The third-order valence-corrected chi connectivity index (χ3v) is 4.13. The van der Waals surface area contributed by atoms with Gasteiger partial charge in [-0.05, 0) is 24.3 Å². The molecule has 96 valence electrons. The minimum atomic E-state index is -0.768. The summed E-state index contributed by atoms with van der Waals surface area (Å²) in [6.45, 7) is 0. The SMILES string of the molecule is NNC(c1ccc(Cl)s1)c1c(F)cc(Br)cc1F. The van der Waals surface area contributed by atoms with Gasteiger partial charge in [0.25, 0.3) is 0 Å². The highest BCUT2D eigenvalue weighted by Gasteiger charge is 2.23. The van der Waals surface area contributed by atoms with Crippen LogP contribution < -0.4 is 11.3 Å². The predicted octanol–water partition coefficient (Wildman–Crippen LogP) is 3.99. The van der Waals surface area contributed by atoms with Gasteiger partial charge in [0.15, 0.2) is 0 Å². The van der Waals surface area contributed by atoms with Gasteiger partial charge < -0.3 is 0 Å². The Morgan fingerprint density at radius 3 is 2.33 bits per heavy atom. The summed E-state index contributed by atoms with van der Waals surface area (Å²) in [5.74, 6) is 4.05. The van der Waals surface area contributed by atoms with Crippen LogP contribution in [0.4, 0.5) is 8.78 Å². The Bertz CT molecular complexity index is 553. The third kappa shape index (κ3) is 2.73. The van der Waals surface area contributed by atoms with E-state index in [9.17, 15) is 8.78 Å². The first-order valence-corrected chi connectivity index (χ1v) is 6.87. The van der Waals surface area contributed by atoms with Gasteiger partial charge in [0.1, 0.15) is 11.6 Å². The summed E-state index contributed by atoms with van der Waals surface area (Å²) in [5, 5.41) is 0. The fourth-order valence-corrected chi connectivity index (χ4v) is 3.15. The van der Waals surface area contributed by atoms with Crippen molar-refractivity contribution in [3.63, 3.8) is 0 Å². The number of hydrogen-bond donors (Lipinski definition) is 2. The molecule has 0 fully saturated rings. The van der Waals surface area contributed by atoms with Crippen LogP contribution >= 0.6 is 38.9 Å². The summed E-state index contributed by atoms with van der Waals surface area (Å²) < 4.78 is 28.6. The maximum atomic E-state index is 13.8. The molecule has 2 rings (SSSR count). The maximum Gasteiger partial charge on any atom is 0.132 e. The van der Waals surface area contributed by atoms with Gasteiger partial charge in [0, 0.05) is 14.9 Å². The van der Waals surface area contributed by atoms with Crippen LogP contribution in [0.25, 0.3) is 0 Å². The van der Waals surface area contributed by atoms with Crippen LogP contribution in [0, 0.1) is 11.6 Å². The molecule has 1 unspecified atom stereocenters. The van der Waals surface area contributed by atoms with E-state index in [0.717, 1.165) is 0 Å². The van der Waals surface area contributed by atoms with Gasteiger partial charge in [0.2, 0.25) is 0 Å². The van der Waals surface area contributed by atoms with E-state index in [2.05, 4.69) is 21.4 Å². The number of benzene rings is 1. The Hall–Kier alpha value is -0.530. The number of nitrogens with one attached hydrogen (secondary N) is 1. The van der Waals surface area contributed by atoms with E-state index in [1.54, 1.807) is 12.1 Å². The Morgan fingerprint density at radius 1 is 1.28 bits per heavy atom. The lowest BCUT2D eigenvalue weighted by molar-refractivity contribution is 0.512. The smallest absolute Gasteiger partial charge is 0.132 e. The first kappa shape index (κ1) is 13.9. The lowest BCUT2D eigenvalue weighted by Crippen LogP contribution is -2.29. The number of nitrogens with two attached hydrogens (primary N) is 1. The second-order valence-corrected chi connectivity index (χ2v) is 6.19. The van der Waals surface area contributed by atoms with Crippen LogP contribution in [0.2, 0.25) is 4.34 Å². The largest absolute Gasteiger partial charge is 0.271 e. The molecule has 0 bridgehead atoms. The second-order valence-electron chi connectivity index (χ2n) is 3.52. The van der Waals surface area contributed by atoms with Crippen molar-refractivity contribution in [1.29, 1.82) is 0 Å². The first-order chi connectivity index (χ1) is 8.52. The van der Waals surface area contributed by atoms with Crippen LogP contribution in [0.15, 0.2) is 28.7 Å². The summed E-state index contributed by atoms with van der Waals surface area (Å²) in [6, 6.07) is 4.95. The van der Waals surface area contributed by atoms with Gasteiger partial charge in [-0.3, -0.25) is 5.84 Å². The highest BCUT2D eigenvalue weighted by molar-refractivity contribution is 9.10. The monoisotopic (exact) mass is 352 g/mol. The number of hydrazine groups is 1. The molecule has 0 saturated carbocycles. The van der Waals surface area contributed by atoms with E-state index >= 15 is 0 Å². The van der Waals surface area contributed by atoms with Crippen molar-refractivity contribution in [2.45, 2.75) is 6.04 Å². The molecule has 2 nitrogen and oxygen atoms in total. The molecule has 0 spiro atoms. The summed E-state index contributed by atoms with van der Waals surface area (Å²) >= 11 is 10.1. The average Bonchev–Trinajstić information content (AvgIpc) is 2.69. The van der Waals surface area contributed by atoms with Gasteiger partial charge in [-0.2, -0.15) is 0 Å². The normalized spacial score (nSPS) is 12.7. The Balaban J connectivity index is 2.51. The number of hydrogen-bond acceptors (Lipinski definition) is 3. The van der Waals surface area contributed by atoms with Gasteiger partial charge in [-0.25, -0.2) is 14.2 Å². The molecule has 7 heteroatoms. The molecule has 0 aliphatic carbocycles. The van der Waals surface area contributed by atoms with Crippen molar-refractivity contribution in [1.82, 2.24) is 5.43 Å². The molecular formula is C11H8BrClF2N2S. The molecule has 2 aromatic rings. The Kier molecular flexibility index (Phi) is 4.34. The Morgan fingerprint density at radius 2 is 1.89 bits per heavy atom. The van der Waals surface area contributed by atoms with Crippen LogP contribution in [-0.4, -0.2) is 0 Å². The standard InChI is InChI=1S/C11H8BrClF2N2S/c12-5-3-6(14)10(7(15)4-5)11(17-16)8-1-2-9(13)18-8/h1-4,11,17H,16H2. The van der Waals surface area contributed by atoms with E-state index in [1.165, 1.54) is 23.5 Å². The molecular weight excluding hydrogens is 346 g/mol. The molecule has 0 aliphatic rings. The van der Waals surface area contributed by atoms with Crippen LogP contribution in [0.3, 0.4) is 0 Å². The molecule has 0 aliphatic heterocycles. The van der Waals surface area contributed by atoms with E-state index in [-0.39, 0.29) is 5.56 Å². The topological polar surface area (TPSA) is 38.0 Å². The van der Waals surface area contributed by atoms with Crippen molar-refractivity contribution in [2.75, 3.05) is 0 Å². The number of rotatable bonds is 3. The first-order valence-electron chi connectivity index (χ1n) is 4.88. The number of halogens is 4. The summed E-state index contributed by atoms with van der Waals surface area (Å²) in [6.07, 6.45) is 0. The Labute approximate surface area is 120 Å². The van der Waals surface area contributed by atoms with E-state index in [4.69, 9.17) is 17.4 Å². The highest BCUT2D eigenvalue weighted by atomic mass is 79.9. The van der Waals surface area contributed by atoms with Crippen LogP contribution in [0.1, 0.15) is 16.5 Å². The van der Waals surface area contributed by atoms with E-state index < -0.39 is 17.7 Å². The zero-order chi connectivity index (χ0) is 13.3. The highest BCUT2D eigenvalue weighted by Crippen LogP contribution is 2.33. The molecule has 0 amide bonds. The van der Waals surface area contributed by atoms with Crippen LogP contribution in [-0.2, 0) is 0 Å². The van der Waals surface area contributed by atoms with Crippen LogP contribution in [0.5, 0.6) is 0 Å². The summed E-state index contributed by atoms with van der Waals surface area (Å²) in [4.78, 5) is 0.641. The van der Waals surface area contributed by atoms with Crippen molar-refractivity contribution >= 4 is 38.9 Å². The van der Waals surface area contributed by atoms with Gasteiger partial charge in [-0.15, -0.1) is 11.3 Å². The molecule has 18 heavy (non-hydrogen) atoms. The quantitative estimate of drug-likeness (QED) is 0.647. The molecule has 0 saturated heterocycles. The molecule has 3 N–H and O–H groups in total. The zero-order valence-electron chi connectivity index (χ0n) is 8.88. The fraction of sp³-hybridized carbons (Fsp3) is 0.0909. The van der Waals surface area contributed by atoms with Crippen molar-refractivity contribution in [2.24, 2.45) is 5.84 Å². The predicted molar refractivity (Wildman–Crippen MR) is 72.6 cm³/mol.